The number of nitrogens with zero attached hydrogens (tertiary/aromatic N) is 1. The molecule has 144 valence electrons. The second-order valence-electron chi connectivity index (χ2n) is 6.06. The topological polar surface area (TPSA) is 75.7 Å². The minimum Gasteiger partial charge on any atom is -0.495 e. The fourth-order valence-electron chi connectivity index (χ4n) is 3.03. The number of amides is 1. The van der Waals surface area contributed by atoms with E-state index in [9.17, 15) is 13.2 Å². The second-order valence-corrected chi connectivity index (χ2v) is 8.82. The summed E-state index contributed by atoms with van der Waals surface area (Å²) in [5.74, 6) is 0.0171. The van der Waals surface area contributed by atoms with E-state index in [1.807, 2.05) is 0 Å². The summed E-state index contributed by atoms with van der Waals surface area (Å²) in [6.07, 6.45) is 1.03. The zero-order chi connectivity index (χ0) is 19.6. The molecule has 0 bridgehead atoms. The summed E-state index contributed by atoms with van der Waals surface area (Å²) in [7, 11) is -2.33. The molecule has 0 radical (unpaired) electrons. The number of sulfonamides is 1. The Morgan fingerprint density at radius 2 is 1.81 bits per heavy atom. The molecule has 9 heteroatoms. The van der Waals surface area contributed by atoms with Crippen molar-refractivity contribution < 1.29 is 17.9 Å². The molecule has 1 amide bonds. The molecule has 2 aromatic carbocycles. The molecule has 0 spiro atoms. The first-order valence-corrected chi connectivity index (χ1v) is 10.4. The number of rotatable bonds is 5. The predicted octanol–water partition coefficient (Wildman–Crippen LogP) is 3.79. The zero-order valence-corrected chi connectivity index (χ0v) is 16.8. The van der Waals surface area contributed by atoms with Crippen LogP contribution in [0.4, 0.5) is 5.69 Å². The predicted molar refractivity (Wildman–Crippen MR) is 105 cm³/mol. The molecule has 0 saturated carbocycles. The van der Waals surface area contributed by atoms with Crippen LogP contribution < -0.4 is 10.1 Å². The first-order chi connectivity index (χ1) is 12.8. The highest BCUT2D eigenvalue weighted by molar-refractivity contribution is 7.89. The molecule has 3 rings (SSSR count). The first kappa shape index (κ1) is 19.9. The average molecular weight is 429 g/mol. The molecule has 27 heavy (non-hydrogen) atoms. The Morgan fingerprint density at radius 3 is 2.48 bits per heavy atom. The standard InChI is InChI=1S/C18H18Cl2N2O4S/c1-26-17-9-6-13(20)11-15(17)21-18(23)16-3-2-10-22(16)27(24,25)14-7-4-12(19)5-8-14/h4-9,11,16H,2-3,10H2,1H3,(H,21,23)/t16-/m1/s1. The van der Waals surface area contributed by atoms with Gasteiger partial charge in [0.05, 0.1) is 17.7 Å². The first-order valence-electron chi connectivity index (χ1n) is 8.25. The average Bonchev–Trinajstić information content (AvgIpc) is 3.13. The van der Waals surface area contributed by atoms with Crippen LogP contribution in [0.2, 0.25) is 10.0 Å². The van der Waals surface area contributed by atoms with Gasteiger partial charge in [0.15, 0.2) is 0 Å². The van der Waals surface area contributed by atoms with Crippen molar-refractivity contribution in [1.82, 2.24) is 4.31 Å². The number of nitrogens with one attached hydrogen (secondary N) is 1. The number of anilines is 1. The Morgan fingerprint density at radius 1 is 1.15 bits per heavy atom. The molecule has 1 heterocycles. The van der Waals surface area contributed by atoms with Crippen LogP contribution in [0.15, 0.2) is 47.4 Å². The number of carbonyl (C=O) groups excluding carboxylic acids is 1. The summed E-state index contributed by atoms with van der Waals surface area (Å²) in [6.45, 7) is 0.274. The van der Waals surface area contributed by atoms with Gasteiger partial charge < -0.3 is 10.1 Å². The van der Waals surface area contributed by atoms with Crippen LogP contribution in [-0.2, 0) is 14.8 Å². The van der Waals surface area contributed by atoms with E-state index in [0.717, 1.165) is 0 Å². The molecular weight excluding hydrogens is 411 g/mol. The van der Waals surface area contributed by atoms with Crippen LogP contribution in [0.1, 0.15) is 12.8 Å². The van der Waals surface area contributed by atoms with E-state index in [1.165, 1.54) is 35.7 Å². The third-order valence-electron chi connectivity index (χ3n) is 4.35. The summed E-state index contributed by atoms with van der Waals surface area (Å²) < 4.78 is 32.3. The lowest BCUT2D eigenvalue weighted by Crippen LogP contribution is -2.43. The summed E-state index contributed by atoms with van der Waals surface area (Å²) in [5, 5.41) is 3.61. The number of carbonyl (C=O) groups is 1. The Balaban J connectivity index is 1.85. The number of hydrogen-bond acceptors (Lipinski definition) is 4. The molecule has 1 N–H and O–H groups in total. The van der Waals surface area contributed by atoms with Gasteiger partial charge in [0.25, 0.3) is 0 Å². The second kappa shape index (κ2) is 8.06. The minimum absolute atomic E-state index is 0.104. The van der Waals surface area contributed by atoms with Gasteiger partial charge in [-0.2, -0.15) is 4.31 Å². The van der Waals surface area contributed by atoms with Gasteiger partial charge in [0.2, 0.25) is 15.9 Å². The van der Waals surface area contributed by atoms with Crippen LogP contribution in [0.3, 0.4) is 0 Å². The lowest BCUT2D eigenvalue weighted by atomic mass is 10.2. The van der Waals surface area contributed by atoms with E-state index in [1.54, 1.807) is 18.2 Å². The SMILES string of the molecule is COc1ccc(Cl)cc1NC(=O)[C@H]1CCCN1S(=O)(=O)c1ccc(Cl)cc1. The van der Waals surface area contributed by atoms with Gasteiger partial charge in [-0.3, -0.25) is 4.79 Å². The Kier molecular flexibility index (Phi) is 5.95. The van der Waals surface area contributed by atoms with Crippen molar-refractivity contribution in [3.63, 3.8) is 0 Å². The smallest absolute Gasteiger partial charge is 0.243 e. The molecule has 0 aromatic heterocycles. The van der Waals surface area contributed by atoms with Crippen LogP contribution in [0, 0.1) is 0 Å². The van der Waals surface area contributed by atoms with E-state index in [4.69, 9.17) is 27.9 Å². The van der Waals surface area contributed by atoms with Gasteiger partial charge in [-0.25, -0.2) is 8.42 Å². The number of ether oxygens (including phenoxy) is 1. The molecule has 1 aliphatic rings. The molecule has 1 aliphatic heterocycles. The quantitative estimate of drug-likeness (QED) is 0.785. The van der Waals surface area contributed by atoms with Crippen molar-refractivity contribution in [1.29, 1.82) is 0 Å². The van der Waals surface area contributed by atoms with Gasteiger partial charge in [0, 0.05) is 16.6 Å². The van der Waals surface area contributed by atoms with Crippen molar-refractivity contribution in [2.24, 2.45) is 0 Å². The fraction of sp³-hybridized carbons (Fsp3) is 0.278. The molecule has 2 aromatic rings. The third-order valence-corrected chi connectivity index (χ3v) is 6.76. The van der Waals surface area contributed by atoms with Crippen LogP contribution in [0.25, 0.3) is 0 Å². The maximum atomic E-state index is 12.9. The molecule has 0 unspecified atom stereocenters. The fourth-order valence-corrected chi connectivity index (χ4v) is 4.98. The van der Waals surface area contributed by atoms with Crippen molar-refractivity contribution in [2.45, 2.75) is 23.8 Å². The van der Waals surface area contributed by atoms with Crippen molar-refractivity contribution in [3.8, 4) is 5.75 Å². The van der Waals surface area contributed by atoms with Crippen LogP contribution in [0.5, 0.6) is 5.75 Å². The molecule has 1 saturated heterocycles. The van der Waals surface area contributed by atoms with E-state index in [2.05, 4.69) is 5.32 Å². The summed E-state index contributed by atoms with van der Waals surface area (Å²) in [6, 6.07) is 9.92. The summed E-state index contributed by atoms with van der Waals surface area (Å²) >= 11 is 11.8. The lowest BCUT2D eigenvalue weighted by molar-refractivity contribution is -0.119. The van der Waals surface area contributed by atoms with Gasteiger partial charge >= 0.3 is 0 Å². The van der Waals surface area contributed by atoms with E-state index in [-0.39, 0.29) is 11.4 Å². The van der Waals surface area contributed by atoms with Crippen LogP contribution >= 0.6 is 23.2 Å². The monoisotopic (exact) mass is 428 g/mol. The Labute approximate surface area is 168 Å². The highest BCUT2D eigenvalue weighted by atomic mass is 35.5. The van der Waals surface area contributed by atoms with Gasteiger partial charge in [-0.1, -0.05) is 23.2 Å². The molecule has 1 atom stereocenters. The Bertz CT molecular complexity index is 948. The highest BCUT2D eigenvalue weighted by Gasteiger charge is 2.39. The number of hydrogen-bond donors (Lipinski definition) is 1. The van der Waals surface area contributed by atoms with Gasteiger partial charge in [0.1, 0.15) is 11.8 Å². The number of benzene rings is 2. The van der Waals surface area contributed by atoms with Gasteiger partial charge in [-0.15, -0.1) is 0 Å². The maximum Gasteiger partial charge on any atom is 0.243 e. The molecular formula is C18H18Cl2N2O4S. The normalized spacial score (nSPS) is 17.7. The van der Waals surface area contributed by atoms with E-state index >= 15 is 0 Å². The van der Waals surface area contributed by atoms with E-state index < -0.39 is 22.0 Å². The van der Waals surface area contributed by atoms with Crippen molar-refractivity contribution in [2.75, 3.05) is 19.0 Å². The number of halogens is 2. The van der Waals surface area contributed by atoms with Crippen LogP contribution in [-0.4, -0.2) is 38.3 Å². The number of methoxy groups -OCH3 is 1. The van der Waals surface area contributed by atoms with E-state index in [0.29, 0.717) is 34.3 Å². The summed E-state index contributed by atoms with van der Waals surface area (Å²) in [4.78, 5) is 12.9. The molecule has 1 fully saturated rings. The largest absolute Gasteiger partial charge is 0.495 e. The zero-order valence-electron chi connectivity index (χ0n) is 14.5. The minimum atomic E-state index is -3.81. The van der Waals surface area contributed by atoms with Crippen molar-refractivity contribution >= 4 is 44.8 Å². The van der Waals surface area contributed by atoms with Crippen molar-refractivity contribution in [3.05, 3.63) is 52.5 Å². The van der Waals surface area contributed by atoms with Gasteiger partial charge in [-0.05, 0) is 55.3 Å². The molecule has 0 aliphatic carbocycles. The third kappa shape index (κ3) is 4.21. The summed E-state index contributed by atoms with van der Waals surface area (Å²) in [5.41, 5.74) is 0.394. The Hall–Kier alpha value is -1.80. The molecule has 6 nitrogen and oxygen atoms in total. The highest BCUT2D eigenvalue weighted by Crippen LogP contribution is 2.31. The maximum absolute atomic E-state index is 12.9. The lowest BCUT2D eigenvalue weighted by Gasteiger charge is -2.24.